The minimum Gasteiger partial charge on any atom is -0.315 e. The van der Waals surface area contributed by atoms with E-state index in [9.17, 15) is 0 Å². The van der Waals surface area contributed by atoms with Gasteiger partial charge in [-0.2, -0.15) is 0 Å². The van der Waals surface area contributed by atoms with Crippen LogP contribution >= 0.6 is 15.9 Å². The highest BCUT2D eigenvalue weighted by Gasteiger charge is 2.02. The van der Waals surface area contributed by atoms with Crippen LogP contribution in [0.25, 0.3) is 0 Å². The van der Waals surface area contributed by atoms with E-state index in [4.69, 9.17) is 0 Å². The van der Waals surface area contributed by atoms with Crippen LogP contribution in [0.15, 0.2) is 22.7 Å². The molecule has 0 aliphatic heterocycles. The number of benzene rings is 1. The summed E-state index contributed by atoms with van der Waals surface area (Å²) in [6, 6.07) is 6.59. The summed E-state index contributed by atoms with van der Waals surface area (Å²) in [4.78, 5) is 2.35. The van der Waals surface area contributed by atoms with Crippen LogP contribution in [0.4, 0.5) is 0 Å². The molecule has 0 aliphatic carbocycles. The van der Waals surface area contributed by atoms with Gasteiger partial charge < -0.3 is 10.2 Å². The van der Waals surface area contributed by atoms with Crippen LogP contribution in [-0.2, 0) is 6.54 Å². The van der Waals surface area contributed by atoms with E-state index in [1.54, 1.807) is 0 Å². The SMILES string of the molecule is Cc1ccc(CN(C)CCNCC(C)C)cc1Br. The van der Waals surface area contributed by atoms with E-state index in [-0.39, 0.29) is 0 Å². The average molecular weight is 313 g/mol. The first-order valence-corrected chi connectivity index (χ1v) is 7.42. The zero-order valence-corrected chi connectivity index (χ0v) is 13.5. The fourth-order valence-electron chi connectivity index (χ4n) is 1.79. The Balaban J connectivity index is 2.31. The van der Waals surface area contributed by atoms with Gasteiger partial charge in [0.2, 0.25) is 0 Å². The van der Waals surface area contributed by atoms with Crippen LogP contribution in [0.3, 0.4) is 0 Å². The van der Waals surface area contributed by atoms with E-state index < -0.39 is 0 Å². The van der Waals surface area contributed by atoms with Crippen molar-refractivity contribution in [2.45, 2.75) is 27.3 Å². The molecule has 102 valence electrons. The van der Waals surface area contributed by atoms with Crippen LogP contribution in [0.2, 0.25) is 0 Å². The molecule has 0 radical (unpaired) electrons. The summed E-state index contributed by atoms with van der Waals surface area (Å²) in [6.45, 7) is 10.8. The molecular weight excluding hydrogens is 288 g/mol. The highest BCUT2D eigenvalue weighted by Crippen LogP contribution is 2.18. The second-order valence-electron chi connectivity index (χ2n) is 5.42. The van der Waals surface area contributed by atoms with Gasteiger partial charge in [-0.1, -0.05) is 41.9 Å². The predicted molar refractivity (Wildman–Crippen MR) is 82.9 cm³/mol. The first kappa shape index (κ1) is 15.7. The van der Waals surface area contributed by atoms with Crippen molar-refractivity contribution < 1.29 is 0 Å². The van der Waals surface area contributed by atoms with Crippen molar-refractivity contribution in [2.24, 2.45) is 5.92 Å². The molecule has 0 unspecified atom stereocenters. The van der Waals surface area contributed by atoms with E-state index in [1.807, 2.05) is 0 Å². The van der Waals surface area contributed by atoms with E-state index in [1.165, 1.54) is 15.6 Å². The number of halogens is 1. The lowest BCUT2D eigenvalue weighted by atomic mass is 10.1. The molecule has 0 heterocycles. The predicted octanol–water partition coefficient (Wildman–Crippen LogP) is 3.43. The minimum absolute atomic E-state index is 0.725. The van der Waals surface area contributed by atoms with Crippen LogP contribution in [-0.4, -0.2) is 31.6 Å². The highest BCUT2D eigenvalue weighted by atomic mass is 79.9. The van der Waals surface area contributed by atoms with Gasteiger partial charge in [-0.15, -0.1) is 0 Å². The Kier molecular flexibility index (Phi) is 6.90. The maximum atomic E-state index is 3.58. The van der Waals surface area contributed by atoms with Gasteiger partial charge in [0.25, 0.3) is 0 Å². The fourth-order valence-corrected chi connectivity index (χ4v) is 2.21. The number of nitrogens with zero attached hydrogens (tertiary/aromatic N) is 1. The zero-order valence-electron chi connectivity index (χ0n) is 12.0. The molecule has 0 saturated carbocycles. The maximum absolute atomic E-state index is 3.58. The van der Waals surface area contributed by atoms with E-state index >= 15 is 0 Å². The Labute approximate surface area is 120 Å². The van der Waals surface area contributed by atoms with Crippen molar-refractivity contribution in [3.05, 3.63) is 33.8 Å². The molecule has 2 nitrogen and oxygen atoms in total. The summed E-state index contributed by atoms with van der Waals surface area (Å²) in [5.41, 5.74) is 2.65. The number of nitrogens with one attached hydrogen (secondary N) is 1. The van der Waals surface area contributed by atoms with Gasteiger partial charge in [0.15, 0.2) is 0 Å². The van der Waals surface area contributed by atoms with E-state index in [0.29, 0.717) is 0 Å². The molecule has 0 aliphatic rings. The molecule has 1 aromatic rings. The highest BCUT2D eigenvalue weighted by molar-refractivity contribution is 9.10. The summed E-state index contributed by atoms with van der Waals surface area (Å²) in [5.74, 6) is 0.725. The molecule has 0 aromatic heterocycles. The topological polar surface area (TPSA) is 15.3 Å². The van der Waals surface area contributed by atoms with E-state index in [2.05, 4.69) is 72.2 Å². The summed E-state index contributed by atoms with van der Waals surface area (Å²) in [6.07, 6.45) is 0. The Bertz CT molecular complexity index is 364. The van der Waals surface area contributed by atoms with Crippen molar-refractivity contribution in [1.82, 2.24) is 10.2 Å². The molecule has 0 spiro atoms. The van der Waals surface area contributed by atoms with Gasteiger partial charge in [-0.05, 0) is 43.6 Å². The standard InChI is InChI=1S/C15H25BrN2/c1-12(2)10-17-7-8-18(4)11-14-6-5-13(3)15(16)9-14/h5-6,9,12,17H,7-8,10-11H2,1-4H3. The minimum atomic E-state index is 0.725. The first-order chi connectivity index (χ1) is 8.49. The zero-order chi connectivity index (χ0) is 13.5. The second-order valence-corrected chi connectivity index (χ2v) is 6.27. The molecule has 1 rings (SSSR count). The second kappa shape index (κ2) is 7.93. The molecule has 3 heteroatoms. The van der Waals surface area contributed by atoms with Gasteiger partial charge in [-0.25, -0.2) is 0 Å². The van der Waals surface area contributed by atoms with Crippen LogP contribution in [0.5, 0.6) is 0 Å². The molecular formula is C15H25BrN2. The summed E-state index contributed by atoms with van der Waals surface area (Å²) in [7, 11) is 2.17. The Morgan fingerprint density at radius 1 is 1.33 bits per heavy atom. The van der Waals surface area contributed by atoms with Crippen molar-refractivity contribution in [3.63, 3.8) is 0 Å². The smallest absolute Gasteiger partial charge is 0.0231 e. The van der Waals surface area contributed by atoms with Gasteiger partial charge in [0.05, 0.1) is 0 Å². The monoisotopic (exact) mass is 312 g/mol. The van der Waals surface area contributed by atoms with E-state index in [0.717, 1.165) is 32.1 Å². The summed E-state index contributed by atoms with van der Waals surface area (Å²) >= 11 is 3.58. The van der Waals surface area contributed by atoms with Crippen LogP contribution in [0.1, 0.15) is 25.0 Å². The molecule has 0 amide bonds. The summed E-state index contributed by atoms with van der Waals surface area (Å²) < 4.78 is 1.20. The lowest BCUT2D eigenvalue weighted by Gasteiger charge is -2.18. The molecule has 1 aromatic carbocycles. The van der Waals surface area contributed by atoms with Gasteiger partial charge in [0, 0.05) is 24.1 Å². The van der Waals surface area contributed by atoms with Crippen molar-refractivity contribution in [2.75, 3.05) is 26.7 Å². The number of aryl methyl sites for hydroxylation is 1. The molecule has 0 saturated heterocycles. The molecule has 1 N–H and O–H groups in total. The summed E-state index contributed by atoms with van der Waals surface area (Å²) in [5, 5.41) is 3.47. The van der Waals surface area contributed by atoms with Crippen molar-refractivity contribution in [3.8, 4) is 0 Å². The van der Waals surface area contributed by atoms with Crippen molar-refractivity contribution in [1.29, 1.82) is 0 Å². The Morgan fingerprint density at radius 2 is 2.06 bits per heavy atom. The van der Waals surface area contributed by atoms with Crippen molar-refractivity contribution >= 4 is 15.9 Å². The first-order valence-electron chi connectivity index (χ1n) is 6.63. The molecule has 0 bridgehead atoms. The third-order valence-electron chi connectivity index (χ3n) is 2.91. The van der Waals surface area contributed by atoms with Crippen LogP contribution in [0, 0.1) is 12.8 Å². The van der Waals surface area contributed by atoms with Crippen LogP contribution < -0.4 is 5.32 Å². The number of rotatable bonds is 7. The van der Waals surface area contributed by atoms with Gasteiger partial charge >= 0.3 is 0 Å². The largest absolute Gasteiger partial charge is 0.315 e. The third-order valence-corrected chi connectivity index (χ3v) is 3.77. The number of hydrogen-bond donors (Lipinski definition) is 1. The number of hydrogen-bond acceptors (Lipinski definition) is 2. The Morgan fingerprint density at radius 3 is 2.67 bits per heavy atom. The fraction of sp³-hybridized carbons (Fsp3) is 0.600. The lowest BCUT2D eigenvalue weighted by molar-refractivity contribution is 0.321. The Hall–Kier alpha value is -0.380. The quantitative estimate of drug-likeness (QED) is 0.776. The maximum Gasteiger partial charge on any atom is 0.0231 e. The van der Waals surface area contributed by atoms with Gasteiger partial charge in [0.1, 0.15) is 0 Å². The normalized spacial score (nSPS) is 11.5. The molecule has 0 atom stereocenters. The van der Waals surface area contributed by atoms with Gasteiger partial charge in [-0.3, -0.25) is 0 Å². The lowest BCUT2D eigenvalue weighted by Crippen LogP contribution is -2.30. The number of likely N-dealkylation sites (N-methyl/N-ethyl adjacent to an activating group) is 1. The molecule has 0 fully saturated rings. The average Bonchev–Trinajstić information content (AvgIpc) is 2.29. The molecule has 18 heavy (non-hydrogen) atoms. The third kappa shape index (κ3) is 5.98.